The number of nitrogens with zero attached hydrogens (tertiary/aromatic N) is 1. The van der Waals surface area contributed by atoms with Gasteiger partial charge in [0.05, 0.1) is 30.4 Å². The molecule has 0 radical (unpaired) electrons. The molecule has 1 atom stereocenters. The van der Waals surface area contributed by atoms with E-state index in [2.05, 4.69) is 15.9 Å². The first-order valence-electron chi connectivity index (χ1n) is 8.56. The molecule has 6 nitrogen and oxygen atoms in total. The zero-order valence-corrected chi connectivity index (χ0v) is 16.5. The number of benzene rings is 2. The Kier molecular flexibility index (Phi) is 6.47. The van der Waals surface area contributed by atoms with E-state index in [4.69, 9.17) is 14.2 Å². The van der Waals surface area contributed by atoms with Gasteiger partial charge in [-0.05, 0) is 34.1 Å². The summed E-state index contributed by atoms with van der Waals surface area (Å²) in [5, 5.41) is 0. The summed E-state index contributed by atoms with van der Waals surface area (Å²) in [6.45, 7) is 2.11. The average Bonchev–Trinajstić information content (AvgIpc) is 2.73. The normalized spacial score (nSPS) is 15.1. The molecule has 1 aliphatic heterocycles. The Labute approximate surface area is 166 Å². The largest absolute Gasteiger partial charge is 0.475 e. The van der Waals surface area contributed by atoms with Crippen molar-refractivity contribution in [2.75, 3.05) is 33.4 Å². The fraction of sp³-hybridized carbons (Fsp3) is 0.300. The molecule has 0 saturated carbocycles. The van der Waals surface area contributed by atoms with Crippen molar-refractivity contribution in [3.8, 4) is 5.75 Å². The van der Waals surface area contributed by atoms with Crippen molar-refractivity contribution in [1.29, 1.82) is 0 Å². The molecule has 7 heteroatoms. The van der Waals surface area contributed by atoms with Gasteiger partial charge in [0.2, 0.25) is 6.10 Å². The fourth-order valence-corrected chi connectivity index (χ4v) is 3.28. The predicted molar refractivity (Wildman–Crippen MR) is 103 cm³/mol. The monoisotopic (exact) mass is 433 g/mol. The SMILES string of the molecule is COC(=O)c1ccc(OC(C(=O)N2CCOCC2)c2ccccc2)c(Br)c1. The Bertz CT molecular complexity index is 805. The quantitative estimate of drug-likeness (QED) is 0.677. The van der Waals surface area contributed by atoms with E-state index in [0.717, 1.165) is 5.56 Å². The Morgan fingerprint density at radius 3 is 2.44 bits per heavy atom. The summed E-state index contributed by atoms with van der Waals surface area (Å²) < 4.78 is 16.7. The van der Waals surface area contributed by atoms with Gasteiger partial charge in [-0.15, -0.1) is 0 Å². The van der Waals surface area contributed by atoms with Gasteiger partial charge in [0.15, 0.2) is 0 Å². The molecule has 1 saturated heterocycles. The molecule has 0 N–H and O–H groups in total. The number of hydrogen-bond donors (Lipinski definition) is 0. The maximum absolute atomic E-state index is 13.1. The number of carbonyl (C=O) groups excluding carboxylic acids is 2. The van der Waals surface area contributed by atoms with E-state index in [1.54, 1.807) is 23.1 Å². The van der Waals surface area contributed by atoms with Gasteiger partial charge in [-0.25, -0.2) is 4.79 Å². The second-order valence-electron chi connectivity index (χ2n) is 5.98. The maximum atomic E-state index is 13.1. The molecule has 2 aromatic rings. The smallest absolute Gasteiger partial charge is 0.337 e. The molecule has 1 amide bonds. The Morgan fingerprint density at radius 2 is 1.81 bits per heavy atom. The summed E-state index contributed by atoms with van der Waals surface area (Å²) >= 11 is 3.41. The third-order valence-corrected chi connectivity index (χ3v) is 4.87. The summed E-state index contributed by atoms with van der Waals surface area (Å²) in [6.07, 6.45) is -0.787. The minimum atomic E-state index is -0.787. The van der Waals surface area contributed by atoms with Crippen LogP contribution in [0.5, 0.6) is 5.75 Å². The summed E-state index contributed by atoms with van der Waals surface area (Å²) in [5.74, 6) is -0.0854. The number of ether oxygens (including phenoxy) is 3. The Morgan fingerprint density at radius 1 is 1.11 bits per heavy atom. The number of halogens is 1. The first-order valence-corrected chi connectivity index (χ1v) is 9.35. The van der Waals surface area contributed by atoms with Crippen molar-refractivity contribution < 1.29 is 23.8 Å². The van der Waals surface area contributed by atoms with Crippen LogP contribution < -0.4 is 4.74 Å². The predicted octanol–water partition coefficient (Wildman–Crippen LogP) is 3.21. The first kappa shape index (κ1) is 19.4. The van der Waals surface area contributed by atoms with Gasteiger partial charge in [-0.3, -0.25) is 4.79 Å². The summed E-state index contributed by atoms with van der Waals surface area (Å²) in [7, 11) is 1.33. The van der Waals surface area contributed by atoms with Gasteiger partial charge in [0, 0.05) is 18.7 Å². The van der Waals surface area contributed by atoms with E-state index >= 15 is 0 Å². The molecule has 0 aromatic heterocycles. The first-order chi connectivity index (χ1) is 13.1. The van der Waals surface area contributed by atoms with E-state index < -0.39 is 12.1 Å². The van der Waals surface area contributed by atoms with E-state index in [9.17, 15) is 9.59 Å². The molecule has 1 heterocycles. The number of hydrogen-bond acceptors (Lipinski definition) is 5. The topological polar surface area (TPSA) is 65.1 Å². The highest BCUT2D eigenvalue weighted by Crippen LogP contribution is 2.31. The number of morpholine rings is 1. The van der Waals surface area contributed by atoms with E-state index in [1.807, 2.05) is 30.3 Å². The molecule has 0 aliphatic carbocycles. The third kappa shape index (κ3) is 4.67. The second kappa shape index (κ2) is 9.01. The molecule has 142 valence electrons. The van der Waals surface area contributed by atoms with Gasteiger partial charge in [-0.2, -0.15) is 0 Å². The fourth-order valence-electron chi connectivity index (χ4n) is 2.81. The number of amides is 1. The molecule has 1 unspecified atom stereocenters. The van der Waals surface area contributed by atoms with Crippen LogP contribution in [0.3, 0.4) is 0 Å². The lowest BCUT2D eigenvalue weighted by atomic mass is 10.1. The lowest BCUT2D eigenvalue weighted by Gasteiger charge is -2.31. The van der Waals surface area contributed by atoms with Gasteiger partial charge < -0.3 is 19.1 Å². The van der Waals surface area contributed by atoms with Gasteiger partial charge in [0.1, 0.15) is 5.75 Å². The van der Waals surface area contributed by atoms with Crippen LogP contribution in [0.15, 0.2) is 53.0 Å². The van der Waals surface area contributed by atoms with Crippen LogP contribution in [0.2, 0.25) is 0 Å². The van der Waals surface area contributed by atoms with Crippen LogP contribution in [0.1, 0.15) is 22.0 Å². The van der Waals surface area contributed by atoms with Gasteiger partial charge in [-0.1, -0.05) is 30.3 Å². The van der Waals surface area contributed by atoms with Crippen molar-refractivity contribution in [2.45, 2.75) is 6.10 Å². The highest BCUT2D eigenvalue weighted by molar-refractivity contribution is 9.10. The summed E-state index contributed by atoms with van der Waals surface area (Å²) in [6, 6.07) is 14.2. The van der Waals surface area contributed by atoms with Crippen molar-refractivity contribution in [1.82, 2.24) is 4.90 Å². The third-order valence-electron chi connectivity index (χ3n) is 4.25. The summed E-state index contributed by atoms with van der Waals surface area (Å²) in [4.78, 5) is 26.5. The highest BCUT2D eigenvalue weighted by Gasteiger charge is 2.29. The standard InChI is InChI=1S/C20H20BrNO5/c1-25-20(24)15-7-8-17(16(21)13-15)27-18(14-5-3-2-4-6-14)19(23)22-9-11-26-12-10-22/h2-8,13,18H,9-12H2,1H3. The molecule has 27 heavy (non-hydrogen) atoms. The Balaban J connectivity index is 1.87. The highest BCUT2D eigenvalue weighted by atomic mass is 79.9. The van der Waals surface area contributed by atoms with E-state index in [1.165, 1.54) is 7.11 Å². The van der Waals surface area contributed by atoms with Crippen LogP contribution in [0.4, 0.5) is 0 Å². The lowest BCUT2D eigenvalue weighted by molar-refractivity contribution is -0.143. The molecule has 2 aromatic carbocycles. The molecule has 0 spiro atoms. The van der Waals surface area contributed by atoms with Crippen LogP contribution in [-0.2, 0) is 14.3 Å². The number of rotatable bonds is 5. The van der Waals surface area contributed by atoms with Gasteiger partial charge in [0.25, 0.3) is 5.91 Å². The molecular formula is C20H20BrNO5. The number of esters is 1. The van der Waals surface area contributed by atoms with Crippen LogP contribution in [-0.4, -0.2) is 50.2 Å². The van der Waals surface area contributed by atoms with Crippen molar-refractivity contribution in [2.24, 2.45) is 0 Å². The van der Waals surface area contributed by atoms with Crippen LogP contribution in [0.25, 0.3) is 0 Å². The number of methoxy groups -OCH3 is 1. The zero-order valence-electron chi connectivity index (χ0n) is 14.9. The lowest BCUT2D eigenvalue weighted by Crippen LogP contribution is -2.44. The van der Waals surface area contributed by atoms with E-state index in [-0.39, 0.29) is 5.91 Å². The van der Waals surface area contributed by atoms with Crippen molar-refractivity contribution in [3.05, 3.63) is 64.1 Å². The second-order valence-corrected chi connectivity index (χ2v) is 6.84. The minimum absolute atomic E-state index is 0.117. The molecule has 1 fully saturated rings. The number of carbonyl (C=O) groups is 2. The van der Waals surface area contributed by atoms with Crippen LogP contribution >= 0.6 is 15.9 Å². The van der Waals surface area contributed by atoms with Crippen molar-refractivity contribution >= 4 is 27.8 Å². The molecule has 0 bridgehead atoms. The average molecular weight is 434 g/mol. The molecular weight excluding hydrogens is 414 g/mol. The van der Waals surface area contributed by atoms with Gasteiger partial charge >= 0.3 is 5.97 Å². The molecule has 1 aliphatic rings. The summed E-state index contributed by atoms with van der Waals surface area (Å²) in [5.41, 5.74) is 1.16. The van der Waals surface area contributed by atoms with Crippen LogP contribution in [0, 0.1) is 0 Å². The van der Waals surface area contributed by atoms with Crippen molar-refractivity contribution in [3.63, 3.8) is 0 Å². The maximum Gasteiger partial charge on any atom is 0.337 e. The Hall–Kier alpha value is -2.38. The molecule has 3 rings (SSSR count). The van der Waals surface area contributed by atoms with E-state index in [0.29, 0.717) is 42.1 Å². The minimum Gasteiger partial charge on any atom is -0.475 e. The zero-order chi connectivity index (χ0) is 19.2.